The summed E-state index contributed by atoms with van der Waals surface area (Å²) in [5.74, 6) is 0.599. The predicted octanol–water partition coefficient (Wildman–Crippen LogP) is 5.10. The standard InChI is InChI=1S/C26H22N4O3S/c1-15-20-7-8-28-23(20)6-5-22(15)30-25-17(11-27)12-29-26-21(25)10-24(34-26)16-3-2-4-19(9-16)33-14-18(32)13-31/h2-10,12,18,28,31-32H,13-14H2,1H3,(H,29,30)/t18-/m0/s1. The van der Waals surface area contributed by atoms with Crippen LogP contribution in [-0.2, 0) is 0 Å². The maximum absolute atomic E-state index is 9.76. The smallest absolute Gasteiger partial charge is 0.126 e. The van der Waals surface area contributed by atoms with Gasteiger partial charge in [-0.1, -0.05) is 12.1 Å². The number of anilines is 2. The Morgan fingerprint density at radius 2 is 2.09 bits per heavy atom. The lowest BCUT2D eigenvalue weighted by molar-refractivity contribution is 0.0536. The number of thiophene rings is 1. The number of aromatic nitrogens is 2. The number of fused-ring (bicyclic) bond motifs is 2. The molecule has 0 saturated carbocycles. The largest absolute Gasteiger partial charge is 0.491 e. The molecular weight excluding hydrogens is 448 g/mol. The maximum Gasteiger partial charge on any atom is 0.126 e. The number of rotatable bonds is 7. The van der Waals surface area contributed by atoms with E-state index in [4.69, 9.17) is 9.84 Å². The van der Waals surface area contributed by atoms with Crippen molar-refractivity contribution in [1.29, 1.82) is 5.26 Å². The van der Waals surface area contributed by atoms with Crippen LogP contribution in [0.5, 0.6) is 5.75 Å². The van der Waals surface area contributed by atoms with E-state index in [1.54, 1.807) is 12.3 Å². The molecule has 0 aliphatic carbocycles. The van der Waals surface area contributed by atoms with Gasteiger partial charge in [-0.05, 0) is 54.4 Å². The monoisotopic (exact) mass is 470 g/mol. The highest BCUT2D eigenvalue weighted by atomic mass is 32.1. The first-order valence-electron chi connectivity index (χ1n) is 10.8. The molecule has 170 valence electrons. The first-order valence-corrected chi connectivity index (χ1v) is 11.6. The number of aliphatic hydroxyl groups is 2. The Balaban J connectivity index is 1.53. The molecule has 0 unspecified atom stereocenters. The number of aromatic amines is 1. The van der Waals surface area contributed by atoms with Crippen molar-refractivity contribution in [1.82, 2.24) is 9.97 Å². The number of benzene rings is 2. The summed E-state index contributed by atoms with van der Waals surface area (Å²) in [6.45, 7) is 1.72. The molecule has 5 aromatic rings. The first-order chi connectivity index (χ1) is 16.6. The Morgan fingerprint density at radius 1 is 1.21 bits per heavy atom. The fraction of sp³-hybridized carbons (Fsp3) is 0.154. The van der Waals surface area contributed by atoms with Crippen LogP contribution in [0.2, 0.25) is 0 Å². The minimum atomic E-state index is -0.927. The molecule has 0 spiro atoms. The Morgan fingerprint density at radius 3 is 2.91 bits per heavy atom. The zero-order valence-corrected chi connectivity index (χ0v) is 19.2. The minimum Gasteiger partial charge on any atom is -0.491 e. The van der Waals surface area contributed by atoms with Gasteiger partial charge in [0.25, 0.3) is 0 Å². The van der Waals surface area contributed by atoms with Crippen LogP contribution in [0.3, 0.4) is 0 Å². The Kier molecular flexibility index (Phi) is 5.90. The molecule has 8 heteroatoms. The van der Waals surface area contributed by atoms with Gasteiger partial charge < -0.3 is 25.3 Å². The summed E-state index contributed by atoms with van der Waals surface area (Å²) in [5, 5.41) is 33.8. The molecule has 2 aromatic carbocycles. The van der Waals surface area contributed by atoms with Crippen LogP contribution in [0, 0.1) is 18.3 Å². The lowest BCUT2D eigenvalue weighted by Gasteiger charge is -2.12. The quantitative estimate of drug-likeness (QED) is 0.263. The Bertz CT molecular complexity index is 1530. The van der Waals surface area contributed by atoms with E-state index >= 15 is 0 Å². The number of aryl methyl sites for hydroxylation is 1. The van der Waals surface area contributed by atoms with Crippen molar-refractivity contribution < 1.29 is 14.9 Å². The molecule has 0 aliphatic rings. The summed E-state index contributed by atoms with van der Waals surface area (Å²) in [5.41, 5.74) is 5.23. The van der Waals surface area contributed by atoms with E-state index in [1.807, 2.05) is 48.7 Å². The molecule has 0 radical (unpaired) electrons. The summed E-state index contributed by atoms with van der Waals surface area (Å²) in [7, 11) is 0. The number of nitriles is 1. The van der Waals surface area contributed by atoms with Crippen molar-refractivity contribution in [2.45, 2.75) is 13.0 Å². The predicted molar refractivity (Wildman–Crippen MR) is 135 cm³/mol. The van der Waals surface area contributed by atoms with Crippen molar-refractivity contribution in [2.24, 2.45) is 0 Å². The van der Waals surface area contributed by atoms with Crippen LogP contribution in [0.1, 0.15) is 11.1 Å². The third kappa shape index (κ3) is 4.08. The van der Waals surface area contributed by atoms with Gasteiger partial charge in [-0.25, -0.2) is 4.98 Å². The number of ether oxygens (including phenoxy) is 1. The molecule has 3 aromatic heterocycles. The second-order valence-corrected chi connectivity index (χ2v) is 9.00. The number of hydrogen-bond donors (Lipinski definition) is 4. The van der Waals surface area contributed by atoms with Crippen LogP contribution in [0.4, 0.5) is 11.4 Å². The molecule has 0 amide bonds. The van der Waals surface area contributed by atoms with Gasteiger partial charge in [-0.2, -0.15) is 5.26 Å². The normalized spacial score (nSPS) is 12.1. The molecule has 34 heavy (non-hydrogen) atoms. The number of pyridine rings is 1. The van der Waals surface area contributed by atoms with Crippen LogP contribution < -0.4 is 10.1 Å². The van der Waals surface area contributed by atoms with E-state index in [-0.39, 0.29) is 13.2 Å². The van der Waals surface area contributed by atoms with Gasteiger partial charge in [0.2, 0.25) is 0 Å². The molecule has 4 N–H and O–H groups in total. The van der Waals surface area contributed by atoms with Gasteiger partial charge in [0, 0.05) is 39.2 Å². The topological polar surface area (TPSA) is 114 Å². The van der Waals surface area contributed by atoms with Gasteiger partial charge in [0.15, 0.2) is 0 Å². The van der Waals surface area contributed by atoms with E-state index in [1.165, 1.54) is 11.3 Å². The van der Waals surface area contributed by atoms with E-state index in [2.05, 4.69) is 28.3 Å². The van der Waals surface area contributed by atoms with Gasteiger partial charge >= 0.3 is 0 Å². The molecule has 0 bridgehead atoms. The number of aliphatic hydroxyl groups excluding tert-OH is 2. The van der Waals surface area contributed by atoms with Crippen molar-refractivity contribution in [3.63, 3.8) is 0 Å². The highest BCUT2D eigenvalue weighted by molar-refractivity contribution is 7.22. The van der Waals surface area contributed by atoms with Crippen molar-refractivity contribution >= 4 is 43.8 Å². The summed E-state index contributed by atoms with van der Waals surface area (Å²) in [4.78, 5) is 9.54. The summed E-state index contributed by atoms with van der Waals surface area (Å²) >= 11 is 1.53. The minimum absolute atomic E-state index is 0.0123. The van der Waals surface area contributed by atoms with Gasteiger partial charge in [-0.3, -0.25) is 0 Å². The highest BCUT2D eigenvalue weighted by Gasteiger charge is 2.16. The lowest BCUT2D eigenvalue weighted by Crippen LogP contribution is -2.21. The third-order valence-corrected chi connectivity index (χ3v) is 6.81. The fourth-order valence-electron chi connectivity index (χ4n) is 3.89. The average molecular weight is 471 g/mol. The molecule has 0 fully saturated rings. The fourth-order valence-corrected chi connectivity index (χ4v) is 4.90. The molecule has 3 heterocycles. The summed E-state index contributed by atoms with van der Waals surface area (Å²) < 4.78 is 5.60. The number of H-pyrrole nitrogens is 1. The Labute approximate surface area is 199 Å². The zero-order valence-electron chi connectivity index (χ0n) is 18.4. The first kappa shape index (κ1) is 21.9. The van der Waals surface area contributed by atoms with E-state index < -0.39 is 6.10 Å². The summed E-state index contributed by atoms with van der Waals surface area (Å²) in [6, 6.07) is 17.9. The van der Waals surface area contributed by atoms with Gasteiger partial charge in [0.05, 0.1) is 17.9 Å². The van der Waals surface area contributed by atoms with Crippen LogP contribution in [-0.4, -0.2) is 39.5 Å². The van der Waals surface area contributed by atoms with Crippen LogP contribution >= 0.6 is 11.3 Å². The van der Waals surface area contributed by atoms with Gasteiger partial charge in [-0.15, -0.1) is 11.3 Å². The zero-order chi connectivity index (χ0) is 23.7. The van der Waals surface area contributed by atoms with Crippen molar-refractivity contribution in [3.05, 3.63) is 72.1 Å². The average Bonchev–Trinajstić information content (AvgIpc) is 3.52. The van der Waals surface area contributed by atoms with Crippen molar-refractivity contribution in [3.8, 4) is 22.3 Å². The molecule has 1 atom stereocenters. The van der Waals surface area contributed by atoms with Crippen LogP contribution in [0.15, 0.2) is 60.9 Å². The molecule has 7 nitrogen and oxygen atoms in total. The molecule has 5 rings (SSSR count). The second kappa shape index (κ2) is 9.15. The number of hydrogen-bond acceptors (Lipinski definition) is 7. The lowest BCUT2D eigenvalue weighted by atomic mass is 10.1. The van der Waals surface area contributed by atoms with Crippen molar-refractivity contribution in [2.75, 3.05) is 18.5 Å². The SMILES string of the molecule is Cc1c(Nc2c(C#N)cnc3sc(-c4cccc(OC[C@@H](O)CO)c4)cc23)ccc2[nH]ccc12. The van der Waals surface area contributed by atoms with Gasteiger partial charge in [0.1, 0.15) is 29.4 Å². The maximum atomic E-state index is 9.76. The Hall–Kier alpha value is -3.90. The number of nitrogens with zero attached hydrogens (tertiary/aromatic N) is 2. The third-order valence-electron chi connectivity index (χ3n) is 5.72. The van der Waals surface area contributed by atoms with E-state index in [0.717, 1.165) is 48.5 Å². The van der Waals surface area contributed by atoms with E-state index in [9.17, 15) is 10.4 Å². The van der Waals surface area contributed by atoms with E-state index in [0.29, 0.717) is 11.3 Å². The molecule has 0 aliphatic heterocycles. The summed E-state index contributed by atoms with van der Waals surface area (Å²) in [6.07, 6.45) is 2.59. The van der Waals surface area contributed by atoms with Crippen LogP contribution in [0.25, 0.3) is 31.6 Å². The number of nitrogens with one attached hydrogen (secondary N) is 2. The molecular formula is C26H22N4O3S. The molecule has 0 saturated heterocycles. The second-order valence-electron chi connectivity index (χ2n) is 7.97. The highest BCUT2D eigenvalue weighted by Crippen LogP contribution is 2.40.